The van der Waals surface area contributed by atoms with E-state index >= 15 is 0 Å². The molecule has 1 saturated heterocycles. The molecule has 0 aliphatic carbocycles. The molecule has 0 saturated carbocycles. The Hall–Kier alpha value is -0.940. The van der Waals surface area contributed by atoms with Crippen molar-refractivity contribution in [1.29, 1.82) is 0 Å². The van der Waals surface area contributed by atoms with Gasteiger partial charge in [0.05, 0.1) is 16.5 Å². The van der Waals surface area contributed by atoms with Crippen LogP contribution < -0.4 is 5.73 Å². The van der Waals surface area contributed by atoms with Crippen LogP contribution in [-0.2, 0) is 10.8 Å². The summed E-state index contributed by atoms with van der Waals surface area (Å²) in [6.45, 7) is 1.12. The van der Waals surface area contributed by atoms with Gasteiger partial charge in [-0.3, -0.25) is 4.21 Å². The fourth-order valence-corrected chi connectivity index (χ4v) is 3.70. The molecular weight excluding hydrogens is 263 g/mol. The Morgan fingerprint density at radius 3 is 2.95 bits per heavy atom. The van der Waals surface area contributed by atoms with E-state index < -0.39 is 16.6 Å². The number of benzene rings is 1. The van der Waals surface area contributed by atoms with Gasteiger partial charge < -0.3 is 10.6 Å². The summed E-state index contributed by atoms with van der Waals surface area (Å²) in [5, 5.41) is 0. The number of nitrogens with two attached hydrogens (primary N) is 1. The van der Waals surface area contributed by atoms with Crippen LogP contribution in [0.5, 0.6) is 0 Å². The average Bonchev–Trinajstić information content (AvgIpc) is 2.40. The summed E-state index contributed by atoms with van der Waals surface area (Å²) >= 11 is 0. The Kier molecular flexibility index (Phi) is 4.93. The summed E-state index contributed by atoms with van der Waals surface area (Å²) in [4.78, 5) is 2.87. The zero-order valence-corrected chi connectivity index (χ0v) is 12.1. The first-order chi connectivity index (χ1) is 9.08. The molecule has 106 valence electrons. The molecule has 2 unspecified atom stereocenters. The zero-order valence-electron chi connectivity index (χ0n) is 11.3. The predicted molar refractivity (Wildman–Crippen MR) is 77.0 cm³/mol. The number of piperidine rings is 1. The fraction of sp³-hybridized carbons (Fsp3) is 0.571. The minimum atomic E-state index is -1.14. The lowest BCUT2D eigenvalue weighted by Gasteiger charge is -2.32. The number of nitrogen functional groups attached to an aromatic ring is 1. The zero-order chi connectivity index (χ0) is 13.8. The maximum atomic E-state index is 13.3. The van der Waals surface area contributed by atoms with E-state index in [2.05, 4.69) is 11.9 Å². The largest absolute Gasteiger partial charge is 0.396 e. The molecule has 3 nitrogen and oxygen atoms in total. The molecule has 1 aromatic rings. The molecule has 1 heterocycles. The van der Waals surface area contributed by atoms with Crippen molar-refractivity contribution in [2.24, 2.45) is 0 Å². The van der Waals surface area contributed by atoms with Crippen molar-refractivity contribution in [3.63, 3.8) is 0 Å². The Balaban J connectivity index is 1.91. The Labute approximate surface area is 116 Å². The molecule has 2 atom stereocenters. The van der Waals surface area contributed by atoms with Gasteiger partial charge in [-0.05, 0) is 51.1 Å². The first-order valence-corrected chi connectivity index (χ1v) is 8.03. The molecule has 1 aromatic carbocycles. The first-order valence-electron chi connectivity index (χ1n) is 6.71. The molecule has 19 heavy (non-hydrogen) atoms. The van der Waals surface area contributed by atoms with Gasteiger partial charge in [0.2, 0.25) is 0 Å². The van der Waals surface area contributed by atoms with Crippen LogP contribution >= 0.6 is 0 Å². The van der Waals surface area contributed by atoms with Crippen molar-refractivity contribution < 1.29 is 8.60 Å². The second kappa shape index (κ2) is 6.48. The topological polar surface area (TPSA) is 46.3 Å². The van der Waals surface area contributed by atoms with Crippen molar-refractivity contribution in [2.45, 2.75) is 36.6 Å². The van der Waals surface area contributed by atoms with Crippen LogP contribution in [0.25, 0.3) is 0 Å². The highest BCUT2D eigenvalue weighted by molar-refractivity contribution is 7.85. The molecular formula is C14H21FN2OS. The van der Waals surface area contributed by atoms with Gasteiger partial charge in [0, 0.05) is 16.7 Å². The summed E-state index contributed by atoms with van der Waals surface area (Å²) in [7, 11) is 0.980. The SMILES string of the molecule is CN1CCCCC1CCS(=O)c1ccc(N)c(F)c1. The molecule has 0 aromatic heterocycles. The number of hydrogen-bond acceptors (Lipinski definition) is 3. The second-order valence-electron chi connectivity index (χ2n) is 5.15. The van der Waals surface area contributed by atoms with Gasteiger partial charge in [0.25, 0.3) is 0 Å². The van der Waals surface area contributed by atoms with E-state index in [0.717, 1.165) is 13.0 Å². The number of hydrogen-bond donors (Lipinski definition) is 1. The number of anilines is 1. The Bertz CT molecular complexity index is 467. The smallest absolute Gasteiger partial charge is 0.147 e. The van der Waals surface area contributed by atoms with Crippen LogP contribution in [0.4, 0.5) is 10.1 Å². The predicted octanol–water partition coefficient (Wildman–Crippen LogP) is 2.39. The van der Waals surface area contributed by atoms with Gasteiger partial charge in [-0.25, -0.2) is 4.39 Å². The quantitative estimate of drug-likeness (QED) is 0.864. The lowest BCUT2D eigenvalue weighted by atomic mass is 10.0. The van der Waals surface area contributed by atoms with Gasteiger partial charge in [0.1, 0.15) is 5.82 Å². The van der Waals surface area contributed by atoms with Crippen molar-refractivity contribution in [2.75, 3.05) is 25.1 Å². The van der Waals surface area contributed by atoms with Crippen LogP contribution in [0.3, 0.4) is 0 Å². The molecule has 5 heteroatoms. The molecule has 1 fully saturated rings. The van der Waals surface area contributed by atoms with E-state index in [1.54, 1.807) is 6.07 Å². The maximum absolute atomic E-state index is 13.3. The van der Waals surface area contributed by atoms with E-state index in [1.165, 1.54) is 31.4 Å². The molecule has 0 amide bonds. The van der Waals surface area contributed by atoms with Gasteiger partial charge >= 0.3 is 0 Å². The van der Waals surface area contributed by atoms with Crippen LogP contribution in [-0.4, -0.2) is 34.5 Å². The minimum Gasteiger partial charge on any atom is -0.396 e. The first kappa shape index (κ1) is 14.5. The van der Waals surface area contributed by atoms with Gasteiger partial charge in [0.15, 0.2) is 0 Å². The Morgan fingerprint density at radius 1 is 1.47 bits per heavy atom. The lowest BCUT2D eigenvalue weighted by molar-refractivity contribution is 0.182. The Morgan fingerprint density at radius 2 is 2.26 bits per heavy atom. The highest BCUT2D eigenvalue weighted by Crippen LogP contribution is 2.20. The number of rotatable bonds is 4. The number of nitrogens with zero attached hydrogens (tertiary/aromatic N) is 1. The van der Waals surface area contributed by atoms with Crippen LogP contribution in [0, 0.1) is 5.82 Å². The van der Waals surface area contributed by atoms with E-state index in [1.807, 2.05) is 0 Å². The summed E-state index contributed by atoms with van der Waals surface area (Å²) in [5.41, 5.74) is 5.52. The third-order valence-electron chi connectivity index (χ3n) is 3.79. The minimum absolute atomic E-state index is 0.104. The van der Waals surface area contributed by atoms with Crippen molar-refractivity contribution in [1.82, 2.24) is 4.90 Å². The summed E-state index contributed by atoms with van der Waals surface area (Å²) in [6, 6.07) is 4.93. The molecule has 1 aliphatic rings. The molecule has 0 spiro atoms. The van der Waals surface area contributed by atoms with Crippen LogP contribution in [0.1, 0.15) is 25.7 Å². The van der Waals surface area contributed by atoms with Crippen LogP contribution in [0.15, 0.2) is 23.1 Å². The molecule has 1 aliphatic heterocycles. The highest BCUT2D eigenvalue weighted by atomic mass is 32.2. The van der Waals surface area contributed by atoms with E-state index in [0.29, 0.717) is 16.7 Å². The van der Waals surface area contributed by atoms with Crippen LogP contribution in [0.2, 0.25) is 0 Å². The average molecular weight is 284 g/mol. The van der Waals surface area contributed by atoms with Crippen molar-refractivity contribution >= 4 is 16.5 Å². The molecule has 0 radical (unpaired) electrons. The monoisotopic (exact) mass is 284 g/mol. The van der Waals surface area contributed by atoms with Gasteiger partial charge in [-0.2, -0.15) is 0 Å². The normalized spacial score (nSPS) is 22.3. The van der Waals surface area contributed by atoms with Crippen molar-refractivity contribution in [3.8, 4) is 0 Å². The number of halogens is 1. The lowest BCUT2D eigenvalue weighted by Crippen LogP contribution is -2.37. The van der Waals surface area contributed by atoms with E-state index in [-0.39, 0.29) is 5.69 Å². The maximum Gasteiger partial charge on any atom is 0.147 e. The third-order valence-corrected chi connectivity index (χ3v) is 5.18. The second-order valence-corrected chi connectivity index (χ2v) is 6.72. The van der Waals surface area contributed by atoms with Gasteiger partial charge in [-0.1, -0.05) is 6.42 Å². The standard InChI is InChI=1S/C14H21FN2OS/c1-17-8-3-2-4-11(17)7-9-19(18)12-5-6-14(16)13(15)10-12/h5-6,10-11H,2-4,7-9,16H2,1H3. The fourth-order valence-electron chi connectivity index (χ4n) is 2.52. The summed E-state index contributed by atoms with van der Waals surface area (Å²) in [6.07, 6.45) is 4.57. The molecule has 2 rings (SSSR count). The van der Waals surface area contributed by atoms with E-state index in [9.17, 15) is 8.60 Å². The van der Waals surface area contributed by atoms with Crippen molar-refractivity contribution in [3.05, 3.63) is 24.0 Å². The van der Waals surface area contributed by atoms with E-state index in [4.69, 9.17) is 5.73 Å². The highest BCUT2D eigenvalue weighted by Gasteiger charge is 2.19. The van der Waals surface area contributed by atoms with Gasteiger partial charge in [-0.15, -0.1) is 0 Å². The molecule has 0 bridgehead atoms. The summed E-state index contributed by atoms with van der Waals surface area (Å²) < 4.78 is 25.5. The molecule has 2 N–H and O–H groups in total. The third kappa shape index (κ3) is 3.76. The number of likely N-dealkylation sites (tertiary alicyclic amines) is 1. The summed E-state index contributed by atoms with van der Waals surface area (Å²) in [5.74, 6) is 0.0962.